The lowest BCUT2D eigenvalue weighted by atomic mass is 9.86. The minimum Gasteiger partial charge on any atom is -0.206 e. The van der Waals surface area contributed by atoms with E-state index in [2.05, 4.69) is 6.92 Å². The van der Waals surface area contributed by atoms with Gasteiger partial charge in [-0.1, -0.05) is 91.6 Å². The molecular formula is C26H27ClF2Si. The molecule has 0 amide bonds. The van der Waals surface area contributed by atoms with Crippen molar-refractivity contribution in [3.8, 4) is 22.3 Å². The molecule has 0 bridgehead atoms. The van der Waals surface area contributed by atoms with E-state index >= 15 is 4.39 Å². The summed E-state index contributed by atoms with van der Waals surface area (Å²) in [5.41, 5.74) is 3.50. The Kier molecular flexibility index (Phi) is 6.70. The van der Waals surface area contributed by atoms with E-state index in [1.54, 1.807) is 6.07 Å². The van der Waals surface area contributed by atoms with Gasteiger partial charge in [0.2, 0.25) is 0 Å². The zero-order valence-corrected chi connectivity index (χ0v) is 19.2. The minimum absolute atomic E-state index is 0.0516. The predicted molar refractivity (Wildman–Crippen MR) is 126 cm³/mol. The lowest BCUT2D eigenvalue weighted by Gasteiger charge is -2.29. The molecular weight excluding hydrogens is 414 g/mol. The van der Waals surface area contributed by atoms with Gasteiger partial charge in [0.25, 0.3) is 0 Å². The average molecular weight is 441 g/mol. The fourth-order valence-electron chi connectivity index (χ4n) is 4.87. The molecule has 1 fully saturated rings. The monoisotopic (exact) mass is 440 g/mol. The van der Waals surface area contributed by atoms with Gasteiger partial charge in [0.15, 0.2) is 0 Å². The topological polar surface area (TPSA) is 0 Å². The highest BCUT2D eigenvalue weighted by atomic mass is 35.5. The Balaban J connectivity index is 1.79. The van der Waals surface area contributed by atoms with Crippen LogP contribution in [-0.2, 0) is 0 Å². The van der Waals surface area contributed by atoms with Crippen LogP contribution >= 0.6 is 11.6 Å². The van der Waals surface area contributed by atoms with Gasteiger partial charge >= 0.3 is 0 Å². The fourth-order valence-corrected chi connectivity index (χ4v) is 8.42. The van der Waals surface area contributed by atoms with Crippen molar-refractivity contribution < 1.29 is 8.78 Å². The number of rotatable bonds is 5. The Hall–Kier alpha value is -1.97. The summed E-state index contributed by atoms with van der Waals surface area (Å²) in [7, 11) is -0.634. The summed E-state index contributed by atoms with van der Waals surface area (Å²) in [5.74, 6) is -0.478. The van der Waals surface area contributed by atoms with E-state index in [0.29, 0.717) is 11.1 Å². The van der Waals surface area contributed by atoms with Gasteiger partial charge in [0.1, 0.15) is 11.6 Å². The molecule has 1 aliphatic rings. The molecule has 1 saturated heterocycles. The lowest BCUT2D eigenvalue weighted by Crippen LogP contribution is -2.20. The molecule has 0 aliphatic carbocycles. The van der Waals surface area contributed by atoms with Crippen molar-refractivity contribution in [3.05, 3.63) is 82.9 Å². The van der Waals surface area contributed by atoms with Gasteiger partial charge in [-0.15, -0.1) is 0 Å². The molecule has 1 heterocycles. The summed E-state index contributed by atoms with van der Waals surface area (Å²) < 4.78 is 30.3. The van der Waals surface area contributed by atoms with Crippen molar-refractivity contribution in [1.29, 1.82) is 0 Å². The van der Waals surface area contributed by atoms with Crippen LogP contribution in [0.1, 0.15) is 37.7 Å². The highest BCUT2D eigenvalue weighted by Crippen LogP contribution is 2.42. The van der Waals surface area contributed by atoms with Gasteiger partial charge in [-0.05, 0) is 53.1 Å². The molecule has 0 nitrogen and oxygen atoms in total. The van der Waals surface area contributed by atoms with Crippen LogP contribution in [0.5, 0.6) is 0 Å². The van der Waals surface area contributed by atoms with E-state index in [1.165, 1.54) is 36.7 Å². The number of benzene rings is 3. The minimum atomic E-state index is -0.634. The lowest BCUT2D eigenvalue weighted by molar-refractivity contribution is 0.546. The molecule has 0 saturated carbocycles. The van der Waals surface area contributed by atoms with Gasteiger partial charge in [0, 0.05) is 14.4 Å². The van der Waals surface area contributed by atoms with Gasteiger partial charge in [-0.2, -0.15) is 0 Å². The van der Waals surface area contributed by atoms with Crippen molar-refractivity contribution in [1.82, 2.24) is 0 Å². The second-order valence-electron chi connectivity index (χ2n) is 8.39. The first kappa shape index (κ1) is 21.3. The molecule has 0 radical (unpaired) electrons. The van der Waals surface area contributed by atoms with Crippen molar-refractivity contribution in [3.63, 3.8) is 0 Å². The molecule has 4 rings (SSSR count). The summed E-state index contributed by atoms with van der Waals surface area (Å²) in [6.45, 7) is 2.26. The average Bonchev–Trinajstić information content (AvgIpc) is 2.77. The van der Waals surface area contributed by atoms with Gasteiger partial charge < -0.3 is 0 Å². The Morgan fingerprint density at radius 3 is 2.33 bits per heavy atom. The molecule has 0 atom stereocenters. The third-order valence-corrected chi connectivity index (χ3v) is 10.4. The third-order valence-electron chi connectivity index (χ3n) is 6.45. The molecule has 4 heteroatoms. The van der Waals surface area contributed by atoms with Crippen LogP contribution in [0.4, 0.5) is 8.78 Å². The van der Waals surface area contributed by atoms with Crippen molar-refractivity contribution in [2.24, 2.45) is 0 Å². The zero-order chi connectivity index (χ0) is 21.1. The quantitative estimate of drug-likeness (QED) is 0.349. The Morgan fingerprint density at radius 2 is 1.67 bits per heavy atom. The third kappa shape index (κ3) is 4.38. The maximum absolute atomic E-state index is 16.0. The second-order valence-corrected chi connectivity index (χ2v) is 12.3. The van der Waals surface area contributed by atoms with E-state index < -0.39 is 14.6 Å². The van der Waals surface area contributed by atoms with Crippen molar-refractivity contribution in [2.75, 3.05) is 0 Å². The standard InChI is InChI=1S/C26H27ClF2Si/c1-2-14-30-15-12-19(13-16-30)22-10-9-21(18-6-4-3-5-7-18)25(26(22)29)20-8-11-23(27)24(28)17-20/h3-11,17,19,30H,2,12-16H2,1H3/t19-,30-. The summed E-state index contributed by atoms with van der Waals surface area (Å²) in [6.07, 6.45) is 3.42. The molecule has 156 valence electrons. The largest absolute Gasteiger partial charge is 0.206 e. The van der Waals surface area contributed by atoms with E-state index in [9.17, 15) is 4.39 Å². The first-order valence-corrected chi connectivity index (χ1v) is 13.7. The van der Waals surface area contributed by atoms with Crippen molar-refractivity contribution in [2.45, 2.75) is 50.2 Å². The molecule has 0 unspecified atom stereocenters. The predicted octanol–water partition coefficient (Wildman–Crippen LogP) is 8.47. The van der Waals surface area contributed by atoms with Crippen LogP contribution in [0.25, 0.3) is 22.3 Å². The van der Waals surface area contributed by atoms with E-state index in [1.807, 2.05) is 42.5 Å². The summed E-state index contributed by atoms with van der Waals surface area (Å²) in [4.78, 5) is 0. The molecule has 30 heavy (non-hydrogen) atoms. The molecule has 0 spiro atoms. The maximum Gasteiger partial charge on any atom is 0.142 e. The van der Waals surface area contributed by atoms with Gasteiger partial charge in [0.05, 0.1) is 5.02 Å². The van der Waals surface area contributed by atoms with E-state index in [4.69, 9.17) is 11.6 Å². The Morgan fingerprint density at radius 1 is 0.933 bits per heavy atom. The van der Waals surface area contributed by atoms with Crippen LogP contribution in [0.3, 0.4) is 0 Å². The summed E-state index contributed by atoms with van der Waals surface area (Å²) in [6, 6.07) is 22.3. The second kappa shape index (κ2) is 9.45. The molecule has 3 aromatic carbocycles. The SMILES string of the molecule is CCC[Si@H]1CC[C@H](c2ccc(-c3ccccc3)c(-c3ccc(Cl)c(F)c3)c2F)CC1. The highest BCUT2D eigenvalue weighted by Gasteiger charge is 2.27. The molecule has 3 aromatic rings. The first-order chi connectivity index (χ1) is 14.6. The van der Waals surface area contributed by atoms with Crippen LogP contribution in [0, 0.1) is 11.6 Å². The van der Waals surface area contributed by atoms with E-state index in [-0.39, 0.29) is 16.8 Å². The summed E-state index contributed by atoms with van der Waals surface area (Å²) >= 11 is 5.89. The normalized spacial score (nSPS) is 19.1. The van der Waals surface area contributed by atoms with Crippen LogP contribution in [0.15, 0.2) is 60.7 Å². The smallest absolute Gasteiger partial charge is 0.142 e. The van der Waals surface area contributed by atoms with Gasteiger partial charge in [-0.25, -0.2) is 8.78 Å². The van der Waals surface area contributed by atoms with Crippen LogP contribution < -0.4 is 0 Å². The van der Waals surface area contributed by atoms with Crippen LogP contribution in [-0.4, -0.2) is 8.80 Å². The zero-order valence-electron chi connectivity index (χ0n) is 17.3. The fraction of sp³-hybridized carbons (Fsp3) is 0.308. The summed E-state index contributed by atoms with van der Waals surface area (Å²) in [5, 5.41) is 0.0516. The number of halogens is 3. The first-order valence-electron chi connectivity index (χ1n) is 10.9. The number of hydrogen-bond donors (Lipinski definition) is 0. The highest BCUT2D eigenvalue weighted by molar-refractivity contribution is 6.59. The van der Waals surface area contributed by atoms with Gasteiger partial charge in [-0.3, -0.25) is 0 Å². The molecule has 0 N–H and O–H groups in total. The van der Waals surface area contributed by atoms with E-state index in [0.717, 1.165) is 29.5 Å². The van der Waals surface area contributed by atoms with Crippen molar-refractivity contribution >= 4 is 20.4 Å². The molecule has 0 aromatic heterocycles. The number of hydrogen-bond acceptors (Lipinski definition) is 0. The Labute approximate surface area is 184 Å². The van der Waals surface area contributed by atoms with Crippen LogP contribution in [0.2, 0.25) is 23.2 Å². The maximum atomic E-state index is 16.0. The molecule has 1 aliphatic heterocycles. The Bertz CT molecular complexity index is 1010.